The summed E-state index contributed by atoms with van der Waals surface area (Å²) in [6.07, 6.45) is 0.868. The molecule has 56 heavy (non-hydrogen) atoms. The van der Waals surface area contributed by atoms with Crippen molar-refractivity contribution in [1.82, 2.24) is 9.97 Å². The van der Waals surface area contributed by atoms with Gasteiger partial charge >= 0.3 is 0 Å². The third-order valence-electron chi connectivity index (χ3n) is 7.01. The van der Waals surface area contributed by atoms with Crippen molar-refractivity contribution < 1.29 is 65.4 Å². The number of halogens is 1. The van der Waals surface area contributed by atoms with E-state index in [4.69, 9.17) is 11.6 Å². The van der Waals surface area contributed by atoms with Crippen LogP contribution >= 0.6 is 11.6 Å². The summed E-state index contributed by atoms with van der Waals surface area (Å²) in [7, 11) is -25.2. The Bertz CT molecular complexity index is 3010. The second-order valence-electron chi connectivity index (χ2n) is 10.7. The van der Waals surface area contributed by atoms with Gasteiger partial charge in [0.1, 0.15) is 31.1 Å². The van der Waals surface area contributed by atoms with Crippen molar-refractivity contribution in [3.8, 4) is 5.75 Å². The average Bonchev–Trinajstić information content (AvgIpc) is 2.99. The van der Waals surface area contributed by atoms with Gasteiger partial charge in [0.25, 0.3) is 40.5 Å². The Labute approximate surface area is 412 Å². The Balaban J connectivity index is 0.00000392. The van der Waals surface area contributed by atoms with Gasteiger partial charge in [0.15, 0.2) is 11.6 Å². The van der Waals surface area contributed by atoms with Crippen molar-refractivity contribution in [2.75, 3.05) is 11.6 Å². The minimum absolute atomic E-state index is 0. The van der Waals surface area contributed by atoms with Crippen LogP contribution < -0.4 is 5.32 Å². The Kier molecular flexibility index (Phi) is 18.3. The van der Waals surface area contributed by atoms with Crippen LogP contribution in [0, 0.1) is 6.92 Å². The molecular weight excluding hydrogens is 910 g/mol. The van der Waals surface area contributed by atoms with Crippen molar-refractivity contribution in [3.05, 3.63) is 59.2 Å². The number of nitrogens with one attached hydrogen (secondary N) is 1. The molecule has 0 atom stereocenters. The van der Waals surface area contributed by atoms with Crippen LogP contribution in [0.15, 0.2) is 83.5 Å². The number of sulfone groups is 1. The van der Waals surface area contributed by atoms with Gasteiger partial charge in [0.05, 0.1) is 10.6 Å². The van der Waals surface area contributed by atoms with Crippen molar-refractivity contribution in [2.24, 2.45) is 10.2 Å². The predicted octanol–water partition coefficient (Wildman–Crippen LogP) is 2.48. The summed E-state index contributed by atoms with van der Waals surface area (Å²) in [6, 6.07) is 6.84. The molecule has 0 saturated heterocycles. The van der Waals surface area contributed by atoms with Crippen molar-refractivity contribution >= 4 is 225 Å². The molecule has 4 radical (unpaired) electrons. The Hall–Kier alpha value is -0.440. The van der Waals surface area contributed by atoms with Gasteiger partial charge in [0.2, 0.25) is 15.0 Å². The monoisotopic (exact) mass is 929 g/mol. The normalized spacial score (nSPS) is 12.3. The molecule has 0 aliphatic rings. The number of aromatic hydroxyl groups is 1. The van der Waals surface area contributed by atoms with E-state index in [2.05, 4.69) is 25.5 Å². The largest absolute Gasteiger partial charge is 0.505 e. The van der Waals surface area contributed by atoms with E-state index in [-0.39, 0.29) is 151 Å². The van der Waals surface area contributed by atoms with Gasteiger partial charge in [-0.3, -0.25) is 18.2 Å². The molecular formula is C26H20ClN5Na4O15S5. The maximum Gasteiger partial charge on any atom is 0.297 e. The summed E-state index contributed by atoms with van der Waals surface area (Å²) < 4.78 is 161. The molecule has 5 rings (SSSR count). The van der Waals surface area contributed by atoms with E-state index < -0.39 is 103 Å². The predicted molar refractivity (Wildman–Crippen MR) is 204 cm³/mol. The summed E-state index contributed by atoms with van der Waals surface area (Å²) in [5, 5.41) is 18.6. The van der Waals surface area contributed by atoms with Crippen LogP contribution in [0.1, 0.15) is 5.69 Å². The zero-order valence-electron chi connectivity index (χ0n) is 29.6. The molecule has 0 saturated carbocycles. The van der Waals surface area contributed by atoms with Crippen LogP contribution in [0.5, 0.6) is 5.75 Å². The number of rotatable bonds is 9. The maximum atomic E-state index is 12.5. The fraction of sp³-hybridized carbons (Fsp3) is 0.0769. The van der Waals surface area contributed by atoms with Gasteiger partial charge < -0.3 is 10.4 Å². The molecule has 0 spiro atoms. The number of aromatic nitrogens is 2. The molecule has 30 heteroatoms. The summed E-state index contributed by atoms with van der Waals surface area (Å²) in [4.78, 5) is 2.87. The third-order valence-corrected chi connectivity index (χ3v) is 11.8. The van der Waals surface area contributed by atoms with Crippen LogP contribution in [0.3, 0.4) is 0 Å². The number of phenolic OH excluding ortho intramolecular Hbond substituents is 1. The van der Waals surface area contributed by atoms with E-state index in [1.807, 2.05) is 0 Å². The van der Waals surface area contributed by atoms with Crippen LogP contribution in [0.2, 0.25) is 5.02 Å². The van der Waals surface area contributed by atoms with Crippen molar-refractivity contribution in [1.29, 1.82) is 0 Å². The number of anilines is 2. The molecule has 0 bridgehead atoms. The first-order chi connectivity index (χ1) is 23.7. The van der Waals surface area contributed by atoms with Crippen LogP contribution in [-0.4, -0.2) is 200 Å². The third kappa shape index (κ3) is 11.7. The molecule has 280 valence electrons. The average molecular weight is 930 g/mol. The number of hydrogen-bond acceptors (Lipinski definition) is 16. The summed E-state index contributed by atoms with van der Waals surface area (Å²) in [6.45, 7) is 1.42. The summed E-state index contributed by atoms with van der Waals surface area (Å²) >= 11 is 6.24. The minimum atomic E-state index is -5.52. The molecule has 0 amide bonds. The summed E-state index contributed by atoms with van der Waals surface area (Å²) in [5.41, 5.74) is -1.67. The molecule has 1 aromatic heterocycles. The second-order valence-corrected chi connectivity index (χ2v) is 18.5. The first-order valence-corrected chi connectivity index (χ1v) is 21.4. The van der Waals surface area contributed by atoms with Gasteiger partial charge in [-0.25, -0.2) is 13.4 Å². The van der Waals surface area contributed by atoms with E-state index >= 15 is 0 Å². The molecule has 4 aromatic carbocycles. The van der Waals surface area contributed by atoms with E-state index in [0.29, 0.717) is 12.1 Å². The van der Waals surface area contributed by atoms with Gasteiger partial charge in [-0.2, -0.15) is 38.7 Å². The number of phenols is 1. The molecule has 1 heterocycles. The van der Waals surface area contributed by atoms with Gasteiger partial charge in [0, 0.05) is 146 Å². The number of benzene rings is 4. The maximum absolute atomic E-state index is 12.5. The number of fused-ring (bicyclic) bond motifs is 2. The Morgan fingerprint density at radius 2 is 1.23 bits per heavy atom. The van der Waals surface area contributed by atoms with Crippen molar-refractivity contribution in [3.63, 3.8) is 0 Å². The van der Waals surface area contributed by atoms with Gasteiger partial charge in [-0.1, -0.05) is 17.7 Å². The van der Waals surface area contributed by atoms with Crippen LogP contribution in [0.4, 0.5) is 22.9 Å². The zero-order valence-corrected chi connectivity index (χ0v) is 42.5. The van der Waals surface area contributed by atoms with E-state index in [1.54, 1.807) is 0 Å². The molecule has 0 aliphatic heterocycles. The number of azo groups is 1. The van der Waals surface area contributed by atoms with E-state index in [0.717, 1.165) is 24.5 Å². The molecule has 6 N–H and O–H groups in total. The fourth-order valence-corrected chi connectivity index (χ4v) is 8.30. The summed E-state index contributed by atoms with van der Waals surface area (Å²) in [5.74, 6) is -1.11. The zero-order chi connectivity index (χ0) is 38.9. The first-order valence-electron chi connectivity index (χ1n) is 13.4. The van der Waals surface area contributed by atoms with Gasteiger partial charge in [-0.05, 0) is 54.8 Å². The smallest absolute Gasteiger partial charge is 0.297 e. The SMILES string of the molecule is Cc1nc(S(C)(=O)=O)nc(Nc2ccc3c(O)c(N=Nc4ccc5c(S(=O)(=O)O)cc(S(=O)(=O)O)cc5c4S(=O)(=O)O)c(S(=O)(=O)O)cc3c2)c1Cl.[Na].[Na].[Na].[Na]. The second kappa shape index (κ2) is 19.1. The van der Waals surface area contributed by atoms with E-state index in [1.165, 1.54) is 25.1 Å². The molecule has 20 nitrogen and oxygen atoms in total. The standard InChI is InChI=1S/C26H20ClN5O15S5.4Na/c1-11-21(27)25(30-26(28-11)48(2,34)35)29-13-3-4-15-12(7-13)8-20(51(42,43)44)22(23(15)33)32-31-18-6-5-16-17(24(18)52(45,46)47)9-14(49(36,37)38)10-19(16)50(39,40)41;;;;/h3-10,33H,1-2H3,(H,28,29,30)(H,36,37,38)(H,39,40,41)(H,42,43,44)(H,45,46,47);;;;. The molecule has 0 aliphatic carbocycles. The molecule has 0 fully saturated rings. The Morgan fingerprint density at radius 3 is 1.75 bits per heavy atom. The number of nitrogens with zero attached hydrogens (tertiary/aromatic N) is 4. The number of aryl methyl sites for hydroxylation is 1. The fourth-order valence-electron chi connectivity index (χ4n) is 4.79. The quantitative estimate of drug-likeness (QED) is 0.0535. The topological polar surface area (TPSA) is 334 Å². The van der Waals surface area contributed by atoms with Crippen LogP contribution in [-0.2, 0) is 50.3 Å². The van der Waals surface area contributed by atoms with Crippen molar-refractivity contribution in [2.45, 2.75) is 31.7 Å². The van der Waals surface area contributed by atoms with Crippen LogP contribution in [0.25, 0.3) is 21.5 Å². The van der Waals surface area contributed by atoms with Gasteiger partial charge in [-0.15, -0.1) is 10.2 Å². The number of hydrogen-bond donors (Lipinski definition) is 6. The minimum Gasteiger partial charge on any atom is -0.505 e. The Morgan fingerprint density at radius 1 is 0.661 bits per heavy atom. The molecule has 5 aromatic rings. The first kappa shape index (κ1) is 53.6. The van der Waals surface area contributed by atoms with E-state index in [9.17, 15) is 65.4 Å². The molecule has 0 unspecified atom stereocenters.